The van der Waals surface area contributed by atoms with Gasteiger partial charge in [-0.05, 0) is 67.6 Å². The second-order valence-corrected chi connectivity index (χ2v) is 13.5. The molecule has 1 unspecified atom stereocenters. The maximum absolute atomic E-state index is 13.4. The Morgan fingerprint density at radius 2 is 1.85 bits per heavy atom. The monoisotopic (exact) mass is 689 g/mol. The summed E-state index contributed by atoms with van der Waals surface area (Å²) in [5.74, 6) is 0.892. The van der Waals surface area contributed by atoms with E-state index in [9.17, 15) is 9.59 Å². The fraction of sp³-hybridized carbons (Fsp3) is 0.361. The third-order valence-electron chi connectivity index (χ3n) is 9.33. The molecule has 10 nitrogen and oxygen atoms in total. The van der Waals surface area contributed by atoms with Gasteiger partial charge in [-0.15, -0.1) is 5.48 Å². The first kappa shape index (κ1) is 32.5. The standard InChI is InChI=1S/C36H37Cl2N5O5/c1-42-14-13-29-28(19-42)40-34(43(29)2)35(44)41-27-6-4-5-24(33(27)38)22-10-7-20-11-12-30(25(20)15-22)47-32-17-31(46-3)23(16-26(32)37)18-39-48-36(45)21-8-9-21/h4-7,10,15-17,21,30,39H,8-9,11-14,18-19H2,1-3H3,(H,41,44). The fourth-order valence-electron chi connectivity index (χ4n) is 6.48. The number of halogens is 2. The van der Waals surface area contributed by atoms with Crippen molar-refractivity contribution in [1.82, 2.24) is 19.9 Å². The average molecular weight is 691 g/mol. The van der Waals surface area contributed by atoms with Crippen molar-refractivity contribution in [2.24, 2.45) is 13.0 Å². The van der Waals surface area contributed by atoms with E-state index in [2.05, 4.69) is 39.9 Å². The highest BCUT2D eigenvalue weighted by atomic mass is 35.5. The number of hydrogen-bond acceptors (Lipinski definition) is 8. The van der Waals surface area contributed by atoms with E-state index in [4.69, 9.17) is 37.5 Å². The van der Waals surface area contributed by atoms with Crippen molar-refractivity contribution in [3.8, 4) is 22.6 Å². The van der Waals surface area contributed by atoms with Gasteiger partial charge < -0.3 is 29.1 Å². The van der Waals surface area contributed by atoms with E-state index in [1.807, 2.05) is 29.8 Å². The number of nitrogens with zero attached hydrogens (tertiary/aromatic N) is 3. The number of benzene rings is 3. The Bertz CT molecular complexity index is 1910. The molecule has 7 rings (SSSR count). The molecule has 2 aliphatic carbocycles. The maximum Gasteiger partial charge on any atom is 0.327 e. The molecule has 4 aromatic rings. The van der Waals surface area contributed by atoms with Crippen LogP contribution in [-0.4, -0.2) is 47.0 Å². The van der Waals surface area contributed by atoms with Gasteiger partial charge in [0.25, 0.3) is 5.91 Å². The number of carbonyl (C=O) groups is 2. The predicted molar refractivity (Wildman–Crippen MR) is 183 cm³/mol. The normalized spacial score (nSPS) is 17.1. The number of fused-ring (bicyclic) bond motifs is 2. The molecule has 3 aromatic carbocycles. The molecule has 2 heterocycles. The smallest absolute Gasteiger partial charge is 0.327 e. The van der Waals surface area contributed by atoms with E-state index in [1.54, 1.807) is 25.3 Å². The number of rotatable bonds is 10. The first-order valence-corrected chi connectivity index (χ1v) is 16.9. The zero-order chi connectivity index (χ0) is 33.5. The summed E-state index contributed by atoms with van der Waals surface area (Å²) in [6.45, 7) is 1.90. The molecule has 250 valence electrons. The minimum absolute atomic E-state index is 0.000411. The van der Waals surface area contributed by atoms with Gasteiger partial charge in [0.2, 0.25) is 0 Å². The molecule has 1 amide bonds. The quantitative estimate of drug-likeness (QED) is 0.178. The molecule has 48 heavy (non-hydrogen) atoms. The van der Waals surface area contributed by atoms with Crippen LogP contribution < -0.4 is 20.3 Å². The van der Waals surface area contributed by atoms with Crippen LogP contribution in [0.5, 0.6) is 11.5 Å². The molecule has 1 aromatic heterocycles. The van der Waals surface area contributed by atoms with Crippen LogP contribution in [0.4, 0.5) is 5.69 Å². The van der Waals surface area contributed by atoms with Gasteiger partial charge in [0.15, 0.2) is 5.82 Å². The summed E-state index contributed by atoms with van der Waals surface area (Å²) in [5, 5.41) is 3.86. The second-order valence-electron chi connectivity index (χ2n) is 12.7. The molecule has 12 heteroatoms. The van der Waals surface area contributed by atoms with Crippen LogP contribution >= 0.6 is 23.2 Å². The van der Waals surface area contributed by atoms with Crippen LogP contribution in [-0.2, 0) is 42.6 Å². The fourth-order valence-corrected chi connectivity index (χ4v) is 6.99. The number of aryl methyl sites for hydroxylation is 1. The van der Waals surface area contributed by atoms with E-state index >= 15 is 0 Å². The highest BCUT2D eigenvalue weighted by Gasteiger charge is 2.32. The zero-order valence-electron chi connectivity index (χ0n) is 27.1. The van der Waals surface area contributed by atoms with Gasteiger partial charge in [-0.3, -0.25) is 9.59 Å². The van der Waals surface area contributed by atoms with E-state index in [-0.39, 0.29) is 30.4 Å². The third kappa shape index (κ3) is 6.50. The molecule has 1 atom stereocenters. The largest absolute Gasteiger partial charge is 0.496 e. The Hall–Kier alpha value is -4.09. The Kier molecular flexibility index (Phi) is 9.08. The van der Waals surface area contributed by atoms with E-state index in [1.165, 1.54) is 5.56 Å². The molecule has 0 bridgehead atoms. The minimum atomic E-state index is -0.301. The van der Waals surface area contributed by atoms with Crippen molar-refractivity contribution in [2.45, 2.75) is 51.3 Å². The second kappa shape index (κ2) is 13.4. The number of hydroxylamine groups is 1. The van der Waals surface area contributed by atoms with Gasteiger partial charge in [-0.1, -0.05) is 47.5 Å². The Balaban J connectivity index is 1.08. The van der Waals surface area contributed by atoms with E-state index < -0.39 is 0 Å². The summed E-state index contributed by atoms with van der Waals surface area (Å²) in [6.07, 6.45) is 4.00. The number of methoxy groups -OCH3 is 1. The van der Waals surface area contributed by atoms with Crippen molar-refractivity contribution < 1.29 is 23.9 Å². The summed E-state index contributed by atoms with van der Waals surface area (Å²) >= 11 is 13.6. The van der Waals surface area contributed by atoms with E-state index in [0.29, 0.717) is 33.1 Å². The van der Waals surface area contributed by atoms with Gasteiger partial charge in [0, 0.05) is 49.4 Å². The number of anilines is 1. The van der Waals surface area contributed by atoms with Crippen LogP contribution in [0, 0.1) is 5.92 Å². The molecule has 0 spiro atoms. The van der Waals surface area contributed by atoms with Crippen LogP contribution in [0.1, 0.15) is 64.1 Å². The van der Waals surface area contributed by atoms with Gasteiger partial charge in [0.05, 0.1) is 41.0 Å². The predicted octanol–water partition coefficient (Wildman–Crippen LogP) is 6.67. The molecule has 0 saturated heterocycles. The van der Waals surface area contributed by atoms with Crippen LogP contribution in [0.15, 0.2) is 48.5 Å². The lowest BCUT2D eigenvalue weighted by Crippen LogP contribution is -2.27. The summed E-state index contributed by atoms with van der Waals surface area (Å²) < 4.78 is 14.0. The van der Waals surface area contributed by atoms with Crippen molar-refractivity contribution in [2.75, 3.05) is 26.0 Å². The highest BCUT2D eigenvalue weighted by Crippen LogP contribution is 2.43. The van der Waals surface area contributed by atoms with Gasteiger partial charge in [0.1, 0.15) is 17.6 Å². The summed E-state index contributed by atoms with van der Waals surface area (Å²) in [7, 11) is 5.51. The van der Waals surface area contributed by atoms with Crippen molar-refractivity contribution in [1.29, 1.82) is 0 Å². The van der Waals surface area contributed by atoms with Crippen molar-refractivity contribution in [3.05, 3.63) is 92.5 Å². The van der Waals surface area contributed by atoms with E-state index in [0.717, 1.165) is 78.8 Å². The van der Waals surface area contributed by atoms with Crippen molar-refractivity contribution in [3.63, 3.8) is 0 Å². The molecule has 1 aliphatic heterocycles. The van der Waals surface area contributed by atoms with Gasteiger partial charge in [-0.25, -0.2) is 4.98 Å². The molecular formula is C36H37Cl2N5O5. The number of imidazole rings is 1. The number of amides is 1. The van der Waals surface area contributed by atoms with Crippen LogP contribution in [0.2, 0.25) is 10.0 Å². The minimum Gasteiger partial charge on any atom is -0.496 e. The number of likely N-dealkylation sites (N-methyl/N-ethyl adjacent to an activating group) is 1. The lowest BCUT2D eigenvalue weighted by molar-refractivity contribution is -0.153. The topological polar surface area (TPSA) is 107 Å². The number of carbonyl (C=O) groups excluding carboxylic acids is 2. The summed E-state index contributed by atoms with van der Waals surface area (Å²) in [6, 6.07) is 15.4. The van der Waals surface area contributed by atoms with Crippen LogP contribution in [0.25, 0.3) is 11.1 Å². The Labute approximate surface area is 289 Å². The number of hydrogen-bond donors (Lipinski definition) is 2. The molecule has 0 radical (unpaired) electrons. The zero-order valence-corrected chi connectivity index (χ0v) is 28.6. The average Bonchev–Trinajstić information content (AvgIpc) is 3.78. The lowest BCUT2D eigenvalue weighted by Gasteiger charge is -2.21. The highest BCUT2D eigenvalue weighted by molar-refractivity contribution is 6.36. The van der Waals surface area contributed by atoms with Crippen LogP contribution in [0.3, 0.4) is 0 Å². The molecule has 1 fully saturated rings. The van der Waals surface area contributed by atoms with Gasteiger partial charge >= 0.3 is 5.97 Å². The molecule has 1 saturated carbocycles. The molecular weight excluding hydrogens is 653 g/mol. The SMILES string of the molecule is COc1cc(OC2CCc3ccc(-c4cccc(NC(=O)c5nc6c(n5C)CCN(C)C6)c4Cl)cc32)c(Cl)cc1CNOC(=O)C1CC1. The number of aromatic nitrogens is 2. The number of nitrogens with one attached hydrogen (secondary N) is 2. The number of ether oxygens (including phenoxy) is 2. The first-order valence-electron chi connectivity index (χ1n) is 16.1. The molecule has 2 N–H and O–H groups in total. The third-order valence-corrected chi connectivity index (χ3v) is 10.0. The maximum atomic E-state index is 13.4. The summed E-state index contributed by atoms with van der Waals surface area (Å²) in [4.78, 5) is 37.3. The van der Waals surface area contributed by atoms with Gasteiger partial charge in [-0.2, -0.15) is 0 Å². The summed E-state index contributed by atoms with van der Waals surface area (Å²) in [5.41, 5.74) is 9.95. The van der Waals surface area contributed by atoms with Crippen molar-refractivity contribution >= 4 is 40.8 Å². The Morgan fingerprint density at radius 3 is 2.65 bits per heavy atom. The lowest BCUT2D eigenvalue weighted by atomic mass is 9.99. The molecule has 3 aliphatic rings. The Morgan fingerprint density at radius 1 is 1.02 bits per heavy atom. The first-order chi connectivity index (χ1) is 23.2.